The van der Waals surface area contributed by atoms with Gasteiger partial charge in [0.15, 0.2) is 6.07 Å². The van der Waals surface area contributed by atoms with Crippen LogP contribution in [0.15, 0.2) is 169 Å². The van der Waals surface area contributed by atoms with Crippen LogP contribution in [0.2, 0.25) is 0 Å². The molecule has 1 N–H and O–H groups in total. The van der Waals surface area contributed by atoms with Crippen LogP contribution in [0.25, 0.3) is 27.2 Å². The van der Waals surface area contributed by atoms with Gasteiger partial charge in [0.25, 0.3) is 0 Å². The first-order valence-electron chi connectivity index (χ1n) is 24.9. The second-order valence-electron chi connectivity index (χ2n) is 18.9. The monoisotopic (exact) mass is 939 g/mol. The van der Waals surface area contributed by atoms with E-state index in [1.165, 1.54) is 16.7 Å². The first-order chi connectivity index (χ1) is 34.6. The van der Waals surface area contributed by atoms with E-state index in [0.717, 1.165) is 80.7 Å². The number of ketones is 1. The second kappa shape index (κ2) is 23.8. The number of hydrogen-bond acceptors (Lipinski definition) is 8. The number of Topliss-reactive ketones (excluding diaryl/α,β-unsaturated/α-hetero) is 1. The van der Waals surface area contributed by atoms with Gasteiger partial charge in [-0.3, -0.25) is 14.8 Å². The van der Waals surface area contributed by atoms with Crippen molar-refractivity contribution in [2.45, 2.75) is 72.6 Å². The Morgan fingerprint density at radius 2 is 1.66 bits per heavy atom. The van der Waals surface area contributed by atoms with Crippen LogP contribution in [-0.2, 0) is 29.0 Å². The van der Waals surface area contributed by atoms with E-state index in [9.17, 15) is 10.1 Å². The van der Waals surface area contributed by atoms with Gasteiger partial charge >= 0.3 is 12.2 Å². The Bertz CT molecular complexity index is 2990. The summed E-state index contributed by atoms with van der Waals surface area (Å²) in [4.78, 5) is 32.4. The minimum Gasteiger partial charge on any atom is -0.370 e. The maximum absolute atomic E-state index is 14.0. The van der Waals surface area contributed by atoms with Gasteiger partial charge in [-0.25, -0.2) is 4.90 Å². The number of anilines is 1. The zero-order valence-electron chi connectivity index (χ0n) is 41.6. The van der Waals surface area contributed by atoms with Crippen molar-refractivity contribution in [2.24, 2.45) is 11.8 Å². The number of nitrogens with zero attached hydrogens (tertiary/aromatic N) is 6. The van der Waals surface area contributed by atoms with Crippen LogP contribution >= 0.6 is 0 Å². The second-order valence-corrected chi connectivity index (χ2v) is 18.9. The summed E-state index contributed by atoms with van der Waals surface area (Å²) in [5, 5.41) is 19.1. The Morgan fingerprint density at radius 3 is 2.35 bits per heavy atom. The molecule has 5 aromatic rings. The molecule has 1 aliphatic heterocycles. The standard InChI is InChI=1S/C62H64N7O2/c1-6-46-14-22-54(32-43(3)31-46)57-24-17-48(36-61(70)50(7-2)35-49-18-25-59(65-38-49)52-11-9-8-10-12-52)34-55(57)39-67-62(37-63)69-29-27-68(28-30-69)56-23-26-60(66-40-56)58(64)42-71-41-47-15-20-51(21-16-47)53-19-13-44(4)45(5)33-53/h8-26,32-34,38,40,45,50,62,64H,4,6-7,27-31,35-36,41-42H2,1-3,5H3/q+1. The number of piperazine rings is 1. The molecule has 0 saturated carbocycles. The van der Waals surface area contributed by atoms with Crippen molar-refractivity contribution in [1.29, 1.82) is 10.7 Å². The molecule has 3 aliphatic rings. The van der Waals surface area contributed by atoms with Crippen LogP contribution in [-0.4, -0.2) is 65.3 Å². The van der Waals surface area contributed by atoms with Crippen LogP contribution in [0.4, 0.5) is 5.69 Å². The number of aromatic nitrogens is 2. The fraction of sp³-hybridized carbons (Fsp3) is 0.290. The quantitative estimate of drug-likeness (QED) is 0.0925. The molecule has 3 aromatic carbocycles. The molecule has 9 nitrogen and oxygen atoms in total. The summed E-state index contributed by atoms with van der Waals surface area (Å²) in [5.41, 5.74) is 15.7. The summed E-state index contributed by atoms with van der Waals surface area (Å²) in [6.45, 7) is 15.9. The fourth-order valence-corrected chi connectivity index (χ4v) is 9.30. The van der Waals surface area contributed by atoms with Gasteiger partial charge in [0.2, 0.25) is 0 Å². The van der Waals surface area contributed by atoms with Crippen LogP contribution in [0.5, 0.6) is 0 Å². The third kappa shape index (κ3) is 13.0. The number of nitrogens with one attached hydrogen (secondary N) is 1. The molecule has 0 bridgehead atoms. The molecule has 3 atom stereocenters. The lowest BCUT2D eigenvalue weighted by molar-refractivity contribution is -0.122. The van der Waals surface area contributed by atoms with Gasteiger partial charge in [0, 0.05) is 55.8 Å². The topological polar surface area (TPSA) is 111 Å². The van der Waals surface area contributed by atoms with Gasteiger partial charge in [-0.2, -0.15) is 5.26 Å². The average molecular weight is 939 g/mol. The third-order valence-corrected chi connectivity index (χ3v) is 13.8. The number of ether oxygens (including phenoxy) is 1. The van der Waals surface area contributed by atoms with Crippen molar-refractivity contribution < 1.29 is 9.53 Å². The van der Waals surface area contributed by atoms with E-state index in [0.29, 0.717) is 56.5 Å². The molecule has 9 heteroatoms. The van der Waals surface area contributed by atoms with Crippen LogP contribution in [0.3, 0.4) is 0 Å². The lowest BCUT2D eigenvalue weighted by Crippen LogP contribution is -2.49. The highest BCUT2D eigenvalue weighted by atomic mass is 16.5. The molecule has 3 unspecified atom stereocenters. The van der Waals surface area contributed by atoms with Crippen molar-refractivity contribution in [3.05, 3.63) is 213 Å². The first kappa shape index (κ1) is 49.8. The Kier molecular flexibility index (Phi) is 16.7. The van der Waals surface area contributed by atoms with E-state index in [4.69, 9.17) is 20.0 Å². The van der Waals surface area contributed by atoms with Crippen molar-refractivity contribution in [2.75, 3.05) is 37.7 Å². The maximum atomic E-state index is 14.0. The average Bonchev–Trinajstić information content (AvgIpc) is 3.60. The van der Waals surface area contributed by atoms with Crippen LogP contribution < -0.4 is 4.90 Å². The lowest BCUT2D eigenvalue weighted by Gasteiger charge is -2.33. The number of rotatable bonds is 17. The summed E-state index contributed by atoms with van der Waals surface area (Å²) in [6, 6.07) is 38.4. The van der Waals surface area contributed by atoms with Gasteiger partial charge in [-0.1, -0.05) is 148 Å². The molecule has 0 spiro atoms. The van der Waals surface area contributed by atoms with Gasteiger partial charge < -0.3 is 15.0 Å². The molecule has 3 heterocycles. The molecule has 1 fully saturated rings. The zero-order chi connectivity index (χ0) is 49.7. The predicted octanol–water partition coefficient (Wildman–Crippen LogP) is 12.7. The van der Waals surface area contributed by atoms with E-state index >= 15 is 0 Å². The van der Waals surface area contributed by atoms with Crippen molar-refractivity contribution >= 4 is 28.3 Å². The summed E-state index contributed by atoms with van der Waals surface area (Å²) < 4.78 is 5.93. The molecule has 0 radical (unpaired) electrons. The number of benzene rings is 3. The van der Waals surface area contributed by atoms with E-state index in [-0.39, 0.29) is 24.7 Å². The Hall–Kier alpha value is -7.56. The van der Waals surface area contributed by atoms with Gasteiger partial charge in [-0.05, 0) is 107 Å². The number of carbonyl (C=O) groups excluding carboxylic acids is 1. The fourth-order valence-electron chi connectivity index (χ4n) is 9.30. The largest absolute Gasteiger partial charge is 0.414 e. The molecule has 0 amide bonds. The first-order valence-corrected chi connectivity index (χ1v) is 24.9. The minimum atomic E-state index is -0.733. The highest BCUT2D eigenvalue weighted by Gasteiger charge is 2.31. The summed E-state index contributed by atoms with van der Waals surface area (Å²) in [7, 11) is 0. The molecule has 2 aliphatic carbocycles. The molecular formula is C62H64N7O2+. The molecule has 8 rings (SSSR count). The number of allylic oxidation sites excluding steroid dienone is 11. The Labute approximate surface area is 420 Å². The molecule has 2 aromatic heterocycles. The van der Waals surface area contributed by atoms with Crippen molar-refractivity contribution in [3.8, 4) is 23.4 Å². The summed E-state index contributed by atoms with van der Waals surface area (Å²) in [5.74, 6) is 0.358. The number of pyridine rings is 2. The smallest absolute Gasteiger partial charge is 0.370 e. The van der Waals surface area contributed by atoms with E-state index in [1.807, 2.05) is 73.1 Å². The normalized spacial score (nSPS) is 16.8. The summed E-state index contributed by atoms with van der Waals surface area (Å²) in [6.07, 6.45) is 19.5. The predicted molar refractivity (Wildman–Crippen MR) is 289 cm³/mol. The van der Waals surface area contributed by atoms with Crippen LogP contribution in [0.1, 0.15) is 86.0 Å². The highest BCUT2D eigenvalue weighted by Crippen LogP contribution is 2.30. The van der Waals surface area contributed by atoms with E-state index < -0.39 is 6.17 Å². The number of nitriles is 1. The number of carbonyl (C=O) groups is 1. The molecule has 71 heavy (non-hydrogen) atoms. The Morgan fingerprint density at radius 1 is 0.887 bits per heavy atom. The highest BCUT2D eigenvalue weighted by molar-refractivity contribution is 5.97. The van der Waals surface area contributed by atoms with Gasteiger partial charge in [-0.15, -0.1) is 0 Å². The lowest BCUT2D eigenvalue weighted by atomic mass is 9.88. The zero-order valence-corrected chi connectivity index (χ0v) is 41.6. The van der Waals surface area contributed by atoms with Gasteiger partial charge in [0.1, 0.15) is 11.3 Å². The molecule has 358 valence electrons. The SMILES string of the molecule is C=C1C=CC(c2ccc(COCC(=N)c3ccc(N4CCN(C(C#N)[N+]#Cc5cc(CC(=O)C(CC)Cc6ccc(-c7ccccc7)nc6)ccc5C5=CC=C(CC)CC(C)=C5)CC4)cn3)cc2)=CC1C. The summed E-state index contributed by atoms with van der Waals surface area (Å²) >= 11 is 0. The van der Waals surface area contributed by atoms with Gasteiger partial charge in [0.05, 0.1) is 42.2 Å². The third-order valence-electron chi connectivity index (χ3n) is 13.8. The minimum absolute atomic E-state index is 0.148. The maximum Gasteiger partial charge on any atom is 0.414 e. The van der Waals surface area contributed by atoms with Crippen molar-refractivity contribution in [3.63, 3.8) is 0 Å². The van der Waals surface area contributed by atoms with Crippen LogP contribution in [0, 0.1) is 34.6 Å². The van der Waals surface area contributed by atoms with E-state index in [2.05, 4.69) is 134 Å². The Balaban J connectivity index is 0.890. The molecular weight excluding hydrogens is 875 g/mol. The molecule has 1 saturated heterocycles. The number of hydrogen-bond donors (Lipinski definition) is 1. The van der Waals surface area contributed by atoms with Crippen molar-refractivity contribution in [1.82, 2.24) is 14.9 Å². The van der Waals surface area contributed by atoms with E-state index in [1.54, 1.807) is 0 Å².